The van der Waals surface area contributed by atoms with E-state index < -0.39 is 17.2 Å². The number of carbonyl (C=O) groups is 3. The van der Waals surface area contributed by atoms with E-state index in [0.717, 1.165) is 11.1 Å². The van der Waals surface area contributed by atoms with E-state index in [2.05, 4.69) is 0 Å². The number of thioether (sulfide) groups is 1. The minimum atomic E-state index is -0.505. The molecule has 36 heavy (non-hydrogen) atoms. The van der Waals surface area contributed by atoms with Crippen LogP contribution in [0.25, 0.3) is 16.9 Å². The maximum Gasteiger partial charge on any atom is 0.253 e. The van der Waals surface area contributed by atoms with E-state index in [0.29, 0.717) is 64.1 Å². The predicted molar refractivity (Wildman–Crippen MR) is 141 cm³/mol. The van der Waals surface area contributed by atoms with Crippen molar-refractivity contribution in [3.05, 3.63) is 99.4 Å². The normalized spacial score (nSPS) is 18.5. The smallest absolute Gasteiger partial charge is 0.253 e. The highest BCUT2D eigenvalue weighted by Gasteiger charge is 2.46. The molecule has 0 unspecified atom stereocenters. The quantitative estimate of drug-likeness (QED) is 0.399. The number of halogens is 1. The molecule has 1 saturated heterocycles. The van der Waals surface area contributed by atoms with Crippen LogP contribution in [0.5, 0.6) is 0 Å². The van der Waals surface area contributed by atoms with E-state index >= 15 is 0 Å². The van der Waals surface area contributed by atoms with Crippen molar-refractivity contribution in [1.82, 2.24) is 4.90 Å². The molecule has 7 heteroatoms. The Morgan fingerprint density at radius 3 is 2.39 bits per heavy atom. The van der Waals surface area contributed by atoms with Crippen LogP contribution in [-0.4, -0.2) is 46.8 Å². The first-order valence-electron chi connectivity index (χ1n) is 11.8. The van der Waals surface area contributed by atoms with Crippen molar-refractivity contribution in [2.75, 3.05) is 18.8 Å². The van der Waals surface area contributed by atoms with Crippen LogP contribution in [0.3, 0.4) is 0 Å². The molecule has 3 aromatic rings. The number of fused-ring (bicyclic) bond motifs is 2. The molecule has 5 nitrogen and oxygen atoms in total. The van der Waals surface area contributed by atoms with Crippen LogP contribution < -0.4 is 0 Å². The van der Waals surface area contributed by atoms with Gasteiger partial charge in [-0.15, -0.1) is 11.8 Å². The maximum absolute atomic E-state index is 13.0. The average Bonchev–Trinajstić information content (AvgIpc) is 2.92. The van der Waals surface area contributed by atoms with Gasteiger partial charge in [0.2, 0.25) is 11.6 Å². The molecule has 6 rings (SSSR count). The fraction of sp³-hybridized carbons (Fsp3) is 0.207. The second kappa shape index (κ2) is 8.95. The highest BCUT2D eigenvalue weighted by atomic mass is 35.5. The van der Waals surface area contributed by atoms with Crippen molar-refractivity contribution < 1.29 is 19.1 Å². The van der Waals surface area contributed by atoms with Crippen LogP contribution in [0.1, 0.15) is 39.1 Å². The number of nitrogens with zero attached hydrogens (tertiary/aromatic N) is 1. The van der Waals surface area contributed by atoms with Gasteiger partial charge in [0, 0.05) is 53.4 Å². The molecular formula is C29H22ClNO4S. The first-order valence-corrected chi connectivity index (χ1v) is 13.2. The van der Waals surface area contributed by atoms with Gasteiger partial charge in [-0.05, 0) is 41.5 Å². The van der Waals surface area contributed by atoms with Gasteiger partial charge in [0.1, 0.15) is 16.3 Å². The van der Waals surface area contributed by atoms with E-state index in [1.807, 2.05) is 47.4 Å². The Morgan fingerprint density at radius 1 is 0.861 bits per heavy atom. The molecule has 3 aromatic carbocycles. The summed E-state index contributed by atoms with van der Waals surface area (Å²) < 4.78 is 6.63. The van der Waals surface area contributed by atoms with Gasteiger partial charge < -0.3 is 9.64 Å². The summed E-state index contributed by atoms with van der Waals surface area (Å²) in [6.07, 6.45) is 1.28. The number of rotatable bonds is 2. The number of ketones is 2. The highest BCUT2D eigenvalue weighted by Crippen LogP contribution is 2.48. The Balaban J connectivity index is 1.28. The van der Waals surface area contributed by atoms with Crippen molar-refractivity contribution in [3.63, 3.8) is 0 Å². The lowest BCUT2D eigenvalue weighted by atomic mass is 9.88. The summed E-state index contributed by atoms with van der Waals surface area (Å²) in [7, 11) is 0. The van der Waals surface area contributed by atoms with Gasteiger partial charge in [0.05, 0.1) is 0 Å². The molecule has 3 aliphatic rings. The number of allylic oxidation sites excluding steroid dienone is 1. The summed E-state index contributed by atoms with van der Waals surface area (Å²) in [6.45, 7) is 1.08. The minimum Gasteiger partial charge on any atom is -0.484 e. The second-order valence-corrected chi connectivity index (χ2v) is 10.7. The summed E-state index contributed by atoms with van der Waals surface area (Å²) >= 11 is 7.47. The third kappa shape index (κ3) is 3.94. The van der Waals surface area contributed by atoms with Gasteiger partial charge in [0.25, 0.3) is 5.91 Å². The van der Waals surface area contributed by atoms with E-state index in [1.54, 1.807) is 30.3 Å². The first-order chi connectivity index (χ1) is 17.4. The Bertz CT molecular complexity index is 1440. The third-order valence-electron chi connectivity index (χ3n) is 7.07. The highest BCUT2D eigenvalue weighted by molar-refractivity contribution is 8.04. The number of carbonyl (C=O) groups excluding carboxylic acids is 3. The molecule has 180 valence electrons. The van der Waals surface area contributed by atoms with Crippen molar-refractivity contribution >= 4 is 46.6 Å². The molecule has 1 aliphatic carbocycles. The lowest BCUT2D eigenvalue weighted by Crippen LogP contribution is -2.50. The van der Waals surface area contributed by atoms with Crippen LogP contribution in [0, 0.1) is 0 Å². The van der Waals surface area contributed by atoms with E-state index in [1.165, 1.54) is 11.8 Å². The topological polar surface area (TPSA) is 63.7 Å². The standard InChI is InChI=1S/C29H22ClNO4S/c30-21-8-4-7-20(15-21)28(34)31-13-11-29(12-14-31)17-36-27-25(33)24(32)22-10-9-19(16-23(22)26(27)35-29)18-5-2-1-3-6-18/h1-10,15-16H,11-14,17H2. The van der Waals surface area contributed by atoms with Gasteiger partial charge in [-0.25, -0.2) is 0 Å². The second-order valence-electron chi connectivity index (χ2n) is 9.32. The number of benzene rings is 3. The molecule has 2 heterocycles. The SMILES string of the molecule is O=C1C(=O)c2ccc(-c3ccccc3)cc2C2=C1SCC1(CCN(C(=O)c3cccc(Cl)c3)CC1)O2. The van der Waals surface area contributed by atoms with Crippen LogP contribution in [0.15, 0.2) is 77.7 Å². The number of likely N-dealkylation sites (tertiary alicyclic amines) is 1. The Kier molecular flexibility index (Phi) is 5.73. The summed E-state index contributed by atoms with van der Waals surface area (Å²) in [5, 5.41) is 0.533. The number of hydrogen-bond acceptors (Lipinski definition) is 5. The molecule has 0 saturated carbocycles. The molecule has 1 spiro atoms. The molecule has 0 aromatic heterocycles. The fourth-order valence-electron chi connectivity index (χ4n) is 5.04. The average molecular weight is 516 g/mol. The van der Waals surface area contributed by atoms with E-state index in [4.69, 9.17) is 16.3 Å². The molecule has 0 bridgehead atoms. The van der Waals surface area contributed by atoms with E-state index in [-0.39, 0.29) is 5.91 Å². The van der Waals surface area contributed by atoms with Crippen LogP contribution in [-0.2, 0) is 9.53 Å². The molecular weight excluding hydrogens is 494 g/mol. The monoisotopic (exact) mass is 515 g/mol. The van der Waals surface area contributed by atoms with E-state index in [9.17, 15) is 14.4 Å². The molecule has 0 atom stereocenters. The number of ether oxygens (including phenoxy) is 1. The van der Waals surface area contributed by atoms with Crippen LogP contribution in [0.2, 0.25) is 5.02 Å². The van der Waals surface area contributed by atoms with Crippen molar-refractivity contribution in [2.45, 2.75) is 18.4 Å². The fourth-order valence-corrected chi connectivity index (χ4v) is 6.49. The predicted octanol–water partition coefficient (Wildman–Crippen LogP) is 5.88. The summed E-state index contributed by atoms with van der Waals surface area (Å²) in [6, 6.07) is 22.4. The van der Waals surface area contributed by atoms with Gasteiger partial charge in [0.15, 0.2) is 0 Å². The Labute approximate surface area is 218 Å². The van der Waals surface area contributed by atoms with Gasteiger partial charge in [-0.2, -0.15) is 0 Å². The third-order valence-corrected chi connectivity index (χ3v) is 8.63. The van der Waals surface area contributed by atoms with Crippen LogP contribution in [0.4, 0.5) is 0 Å². The Morgan fingerprint density at radius 2 is 1.64 bits per heavy atom. The minimum absolute atomic E-state index is 0.0491. The van der Waals surface area contributed by atoms with Gasteiger partial charge >= 0.3 is 0 Å². The molecule has 1 amide bonds. The van der Waals surface area contributed by atoms with Crippen LogP contribution >= 0.6 is 23.4 Å². The molecule has 2 aliphatic heterocycles. The first kappa shape index (κ1) is 23.1. The van der Waals surface area contributed by atoms with Crippen molar-refractivity contribution in [1.29, 1.82) is 0 Å². The summed E-state index contributed by atoms with van der Waals surface area (Å²) in [5.74, 6) is 0.0265. The zero-order valence-corrected chi connectivity index (χ0v) is 20.9. The molecule has 1 fully saturated rings. The zero-order chi connectivity index (χ0) is 24.9. The number of amides is 1. The lowest BCUT2D eigenvalue weighted by Gasteiger charge is -2.45. The summed E-state index contributed by atoms with van der Waals surface area (Å²) in [5.41, 5.74) is 3.09. The number of piperidine rings is 1. The maximum atomic E-state index is 13.0. The molecule has 0 N–H and O–H groups in total. The molecule has 0 radical (unpaired) electrons. The van der Waals surface area contributed by atoms with Gasteiger partial charge in [-0.3, -0.25) is 14.4 Å². The largest absolute Gasteiger partial charge is 0.484 e. The number of hydrogen-bond donors (Lipinski definition) is 0. The Hall–Kier alpha value is -3.35. The summed E-state index contributed by atoms with van der Waals surface area (Å²) in [4.78, 5) is 41.0. The number of Topliss-reactive ketones (excluding diaryl/α,β-unsaturated/α-hetero) is 2. The van der Waals surface area contributed by atoms with Crippen molar-refractivity contribution in [3.8, 4) is 11.1 Å². The van der Waals surface area contributed by atoms with Gasteiger partial charge in [-0.1, -0.05) is 54.1 Å². The lowest BCUT2D eigenvalue weighted by molar-refractivity contribution is -0.111. The van der Waals surface area contributed by atoms with Crippen molar-refractivity contribution in [2.24, 2.45) is 0 Å². The zero-order valence-electron chi connectivity index (χ0n) is 19.3.